The standard InChI is InChI=1S/C27H28N2O3/c1-17-16-32-18(2)15-29(17)27(30)25-22-6-4-5-7-24(22)28-26-20(10-13-23(25)26)14-19-8-11-21(31-3)12-9-19/h4-9,11-12,14,17-18H,10,13,15-16H2,1-3H3/b20-14+. The highest BCUT2D eigenvalue weighted by Crippen LogP contribution is 2.38. The number of carbonyl (C=O) groups excluding carboxylic acids is 1. The Morgan fingerprint density at radius 2 is 1.91 bits per heavy atom. The summed E-state index contributed by atoms with van der Waals surface area (Å²) in [5.41, 5.74) is 5.98. The Labute approximate surface area is 188 Å². The van der Waals surface area contributed by atoms with Gasteiger partial charge in [-0.2, -0.15) is 0 Å². The van der Waals surface area contributed by atoms with E-state index >= 15 is 0 Å². The van der Waals surface area contributed by atoms with Crippen molar-refractivity contribution in [1.82, 2.24) is 9.88 Å². The lowest BCUT2D eigenvalue weighted by atomic mass is 9.98. The van der Waals surface area contributed by atoms with Crippen LogP contribution in [0.15, 0.2) is 48.5 Å². The first kappa shape index (κ1) is 20.7. The summed E-state index contributed by atoms with van der Waals surface area (Å²) in [6.07, 6.45) is 3.92. The van der Waals surface area contributed by atoms with Gasteiger partial charge in [-0.05, 0) is 67.7 Å². The van der Waals surface area contributed by atoms with Crippen molar-refractivity contribution in [2.24, 2.45) is 0 Å². The van der Waals surface area contributed by atoms with Gasteiger partial charge in [0.15, 0.2) is 0 Å². The lowest BCUT2D eigenvalue weighted by Gasteiger charge is -2.37. The number of carbonyl (C=O) groups is 1. The van der Waals surface area contributed by atoms with Crippen LogP contribution in [-0.2, 0) is 11.2 Å². The number of methoxy groups -OCH3 is 1. The first-order chi connectivity index (χ1) is 15.5. The predicted octanol–water partition coefficient (Wildman–Crippen LogP) is 4.98. The van der Waals surface area contributed by atoms with Crippen LogP contribution in [0.4, 0.5) is 0 Å². The molecule has 0 N–H and O–H groups in total. The third-order valence-electron chi connectivity index (χ3n) is 6.48. The minimum atomic E-state index is 0.0434. The summed E-state index contributed by atoms with van der Waals surface area (Å²) < 4.78 is 11.0. The molecule has 1 aliphatic carbocycles. The Kier molecular flexibility index (Phi) is 5.43. The van der Waals surface area contributed by atoms with Gasteiger partial charge in [-0.15, -0.1) is 0 Å². The van der Waals surface area contributed by atoms with Gasteiger partial charge in [-0.25, -0.2) is 4.98 Å². The molecule has 0 bridgehead atoms. The van der Waals surface area contributed by atoms with Crippen LogP contribution in [0.5, 0.6) is 5.75 Å². The second-order valence-corrected chi connectivity index (χ2v) is 8.72. The molecule has 0 saturated carbocycles. The first-order valence-corrected chi connectivity index (χ1v) is 11.2. The van der Waals surface area contributed by atoms with Crippen molar-refractivity contribution >= 4 is 28.5 Å². The summed E-state index contributed by atoms with van der Waals surface area (Å²) in [4.78, 5) is 20.8. The van der Waals surface area contributed by atoms with E-state index in [0.29, 0.717) is 13.2 Å². The van der Waals surface area contributed by atoms with Crippen LogP contribution in [0.3, 0.4) is 0 Å². The molecular weight excluding hydrogens is 400 g/mol. The van der Waals surface area contributed by atoms with Crippen LogP contribution >= 0.6 is 0 Å². The third-order valence-corrected chi connectivity index (χ3v) is 6.48. The molecular formula is C27H28N2O3. The van der Waals surface area contributed by atoms with Gasteiger partial charge in [0, 0.05) is 11.9 Å². The Morgan fingerprint density at radius 3 is 2.69 bits per heavy atom. The molecule has 5 heteroatoms. The monoisotopic (exact) mass is 428 g/mol. The van der Waals surface area contributed by atoms with E-state index in [-0.39, 0.29) is 18.1 Å². The number of morpholine rings is 1. The number of benzene rings is 2. The highest BCUT2D eigenvalue weighted by Gasteiger charge is 2.33. The molecule has 2 unspecified atom stereocenters. The fourth-order valence-corrected chi connectivity index (χ4v) is 4.75. The van der Waals surface area contributed by atoms with Crippen LogP contribution in [0.25, 0.3) is 22.6 Å². The molecule has 1 amide bonds. The van der Waals surface area contributed by atoms with Crippen molar-refractivity contribution in [2.45, 2.75) is 38.8 Å². The van der Waals surface area contributed by atoms with Crippen LogP contribution in [0, 0.1) is 0 Å². The van der Waals surface area contributed by atoms with Gasteiger partial charge in [0.1, 0.15) is 5.75 Å². The maximum absolute atomic E-state index is 13.9. The largest absolute Gasteiger partial charge is 0.497 e. The molecule has 164 valence electrons. The second kappa shape index (κ2) is 8.40. The zero-order valence-corrected chi connectivity index (χ0v) is 18.8. The Balaban J connectivity index is 1.61. The second-order valence-electron chi connectivity index (χ2n) is 8.72. The van der Waals surface area contributed by atoms with E-state index in [1.807, 2.05) is 60.4 Å². The average molecular weight is 429 g/mol. The number of pyridine rings is 1. The molecule has 2 aromatic carbocycles. The fraction of sp³-hybridized carbons (Fsp3) is 0.333. The van der Waals surface area contributed by atoms with Gasteiger partial charge in [0.2, 0.25) is 0 Å². The maximum Gasteiger partial charge on any atom is 0.255 e. The summed E-state index contributed by atoms with van der Waals surface area (Å²) in [5.74, 6) is 0.929. The molecule has 32 heavy (non-hydrogen) atoms. The molecule has 2 atom stereocenters. The number of fused-ring (bicyclic) bond motifs is 2. The van der Waals surface area contributed by atoms with Crippen molar-refractivity contribution < 1.29 is 14.3 Å². The van der Waals surface area contributed by atoms with Gasteiger partial charge in [-0.3, -0.25) is 4.79 Å². The SMILES string of the molecule is COc1ccc(/C=C2\CCc3c2nc2ccccc2c3C(=O)N2CC(C)OCC2C)cc1. The van der Waals surface area contributed by atoms with E-state index in [1.54, 1.807) is 7.11 Å². The summed E-state index contributed by atoms with van der Waals surface area (Å²) in [5, 5.41) is 0.938. The van der Waals surface area contributed by atoms with Crippen molar-refractivity contribution in [3.05, 3.63) is 70.9 Å². The lowest BCUT2D eigenvalue weighted by molar-refractivity contribution is -0.0386. The van der Waals surface area contributed by atoms with E-state index in [2.05, 4.69) is 13.0 Å². The van der Waals surface area contributed by atoms with Crippen LogP contribution in [0.2, 0.25) is 0 Å². The number of rotatable bonds is 3. The molecule has 5 rings (SSSR count). The van der Waals surface area contributed by atoms with Crippen LogP contribution in [-0.4, -0.2) is 48.2 Å². The van der Waals surface area contributed by atoms with Crippen molar-refractivity contribution in [3.8, 4) is 5.75 Å². The van der Waals surface area contributed by atoms with Gasteiger partial charge < -0.3 is 14.4 Å². The minimum Gasteiger partial charge on any atom is -0.497 e. The quantitative estimate of drug-likeness (QED) is 0.590. The molecule has 3 aromatic rings. The van der Waals surface area contributed by atoms with Crippen molar-refractivity contribution in [2.75, 3.05) is 20.3 Å². The van der Waals surface area contributed by atoms with E-state index in [4.69, 9.17) is 14.5 Å². The molecule has 1 aromatic heterocycles. The topological polar surface area (TPSA) is 51.7 Å². The zero-order valence-electron chi connectivity index (χ0n) is 18.8. The highest BCUT2D eigenvalue weighted by atomic mass is 16.5. The number of para-hydroxylation sites is 1. The number of ether oxygens (including phenoxy) is 2. The number of nitrogens with zero attached hydrogens (tertiary/aromatic N) is 2. The van der Waals surface area contributed by atoms with Gasteiger partial charge in [0.25, 0.3) is 5.91 Å². The fourth-order valence-electron chi connectivity index (χ4n) is 4.75. The molecule has 2 heterocycles. The normalized spacial score (nSPS) is 21.7. The minimum absolute atomic E-state index is 0.0434. The molecule has 1 aliphatic heterocycles. The average Bonchev–Trinajstić information content (AvgIpc) is 3.21. The molecule has 1 fully saturated rings. The number of hydrogen-bond donors (Lipinski definition) is 0. The van der Waals surface area contributed by atoms with E-state index < -0.39 is 0 Å². The van der Waals surface area contributed by atoms with Gasteiger partial charge >= 0.3 is 0 Å². The highest BCUT2D eigenvalue weighted by molar-refractivity contribution is 6.09. The molecule has 2 aliphatic rings. The summed E-state index contributed by atoms with van der Waals surface area (Å²) in [7, 11) is 1.67. The number of hydrogen-bond acceptors (Lipinski definition) is 4. The first-order valence-electron chi connectivity index (χ1n) is 11.2. The Morgan fingerprint density at radius 1 is 1.12 bits per heavy atom. The van der Waals surface area contributed by atoms with Crippen LogP contribution < -0.4 is 4.74 Å². The third kappa shape index (κ3) is 3.67. The lowest BCUT2D eigenvalue weighted by Crippen LogP contribution is -2.50. The molecule has 1 saturated heterocycles. The Hall–Kier alpha value is -3.18. The number of aromatic nitrogens is 1. The summed E-state index contributed by atoms with van der Waals surface area (Å²) in [6, 6.07) is 16.1. The zero-order chi connectivity index (χ0) is 22.2. The van der Waals surface area contributed by atoms with Gasteiger partial charge in [0.05, 0.1) is 42.6 Å². The number of allylic oxidation sites excluding steroid dienone is 1. The molecule has 0 spiro atoms. The van der Waals surface area contributed by atoms with Crippen molar-refractivity contribution in [3.63, 3.8) is 0 Å². The van der Waals surface area contributed by atoms with Crippen LogP contribution in [0.1, 0.15) is 47.4 Å². The number of amides is 1. The molecule has 0 radical (unpaired) electrons. The molecule has 5 nitrogen and oxygen atoms in total. The Bertz CT molecular complexity index is 1200. The summed E-state index contributed by atoms with van der Waals surface area (Å²) in [6.45, 7) is 5.26. The smallest absolute Gasteiger partial charge is 0.255 e. The maximum atomic E-state index is 13.9. The van der Waals surface area contributed by atoms with E-state index in [9.17, 15) is 4.79 Å². The predicted molar refractivity (Wildman–Crippen MR) is 127 cm³/mol. The van der Waals surface area contributed by atoms with E-state index in [0.717, 1.165) is 51.9 Å². The van der Waals surface area contributed by atoms with Gasteiger partial charge in [-0.1, -0.05) is 30.3 Å². The van der Waals surface area contributed by atoms with Crippen molar-refractivity contribution in [1.29, 1.82) is 0 Å². The van der Waals surface area contributed by atoms with E-state index in [1.165, 1.54) is 5.57 Å². The summed E-state index contributed by atoms with van der Waals surface area (Å²) >= 11 is 0.